The highest BCUT2D eigenvalue weighted by Gasteiger charge is 2.31. The first-order valence-electron chi connectivity index (χ1n) is 11.4. The van der Waals surface area contributed by atoms with Crippen LogP contribution in [0, 0.1) is 11.3 Å². The van der Waals surface area contributed by atoms with Crippen molar-refractivity contribution in [1.82, 2.24) is 9.88 Å². The highest BCUT2D eigenvalue weighted by atomic mass is 16.2. The zero-order valence-corrected chi connectivity index (χ0v) is 18.9. The summed E-state index contributed by atoms with van der Waals surface area (Å²) in [6, 6.07) is 19.5. The van der Waals surface area contributed by atoms with Gasteiger partial charge in [-0.3, -0.25) is 14.6 Å². The Labute approximate surface area is 199 Å². The Balaban J connectivity index is 1.52. The van der Waals surface area contributed by atoms with Crippen LogP contribution in [0.3, 0.4) is 0 Å². The molecule has 1 fully saturated rings. The zero-order chi connectivity index (χ0) is 23.9. The molecule has 1 aliphatic carbocycles. The van der Waals surface area contributed by atoms with Crippen LogP contribution in [0.1, 0.15) is 57.5 Å². The SMILES string of the molecule is N#Cc1ccc(C(=O)N(Cc2ccc(NC(=O)c3ccncc3)cc2)C2CCCCC2N)cc1. The van der Waals surface area contributed by atoms with E-state index in [1.165, 1.54) is 0 Å². The molecule has 7 nitrogen and oxygen atoms in total. The number of benzene rings is 2. The van der Waals surface area contributed by atoms with Crippen LogP contribution in [0.25, 0.3) is 0 Å². The molecule has 2 unspecified atom stereocenters. The van der Waals surface area contributed by atoms with Crippen molar-refractivity contribution in [3.05, 3.63) is 95.3 Å². The van der Waals surface area contributed by atoms with Crippen LogP contribution >= 0.6 is 0 Å². The van der Waals surface area contributed by atoms with Crippen LogP contribution in [0.15, 0.2) is 73.1 Å². The molecule has 0 spiro atoms. The largest absolute Gasteiger partial charge is 0.330 e. The number of hydrogen-bond donors (Lipinski definition) is 2. The van der Waals surface area contributed by atoms with Gasteiger partial charge in [-0.1, -0.05) is 25.0 Å². The van der Waals surface area contributed by atoms with E-state index in [9.17, 15) is 9.59 Å². The molecule has 0 radical (unpaired) electrons. The summed E-state index contributed by atoms with van der Waals surface area (Å²) >= 11 is 0. The predicted octanol–water partition coefficient (Wildman–Crippen LogP) is 4.12. The molecule has 1 aliphatic rings. The molecule has 0 saturated heterocycles. The van der Waals surface area contributed by atoms with E-state index in [0.29, 0.717) is 28.9 Å². The number of nitrogens with two attached hydrogens (primary N) is 1. The molecule has 1 aromatic heterocycles. The fourth-order valence-corrected chi connectivity index (χ4v) is 4.32. The van der Waals surface area contributed by atoms with Crippen LogP contribution in [0.2, 0.25) is 0 Å². The second-order valence-corrected chi connectivity index (χ2v) is 8.52. The van der Waals surface area contributed by atoms with Crippen LogP contribution in [0.5, 0.6) is 0 Å². The fraction of sp³-hybridized carbons (Fsp3) is 0.259. The number of nitriles is 1. The fourth-order valence-electron chi connectivity index (χ4n) is 4.32. The molecule has 172 valence electrons. The molecule has 34 heavy (non-hydrogen) atoms. The quantitative estimate of drug-likeness (QED) is 0.583. The van der Waals surface area contributed by atoms with Crippen molar-refractivity contribution in [2.45, 2.75) is 44.3 Å². The van der Waals surface area contributed by atoms with Crippen LogP contribution in [0.4, 0.5) is 5.69 Å². The number of anilines is 1. The van der Waals surface area contributed by atoms with E-state index in [0.717, 1.165) is 31.2 Å². The van der Waals surface area contributed by atoms with E-state index in [4.69, 9.17) is 11.0 Å². The van der Waals surface area contributed by atoms with E-state index < -0.39 is 0 Å². The third-order valence-electron chi connectivity index (χ3n) is 6.21. The average Bonchev–Trinajstić information content (AvgIpc) is 2.89. The van der Waals surface area contributed by atoms with Gasteiger partial charge in [-0.25, -0.2) is 0 Å². The van der Waals surface area contributed by atoms with Crippen molar-refractivity contribution in [1.29, 1.82) is 5.26 Å². The van der Waals surface area contributed by atoms with Crippen LogP contribution in [-0.4, -0.2) is 33.8 Å². The van der Waals surface area contributed by atoms with Gasteiger partial charge in [0.1, 0.15) is 0 Å². The number of hydrogen-bond acceptors (Lipinski definition) is 5. The summed E-state index contributed by atoms with van der Waals surface area (Å²) in [5.41, 5.74) is 9.65. The van der Waals surface area contributed by atoms with Crippen molar-refractivity contribution in [2.24, 2.45) is 5.73 Å². The Morgan fingerprint density at radius 3 is 2.29 bits per heavy atom. The van der Waals surface area contributed by atoms with Gasteiger partial charge in [-0.05, 0) is 66.9 Å². The van der Waals surface area contributed by atoms with Crippen LogP contribution < -0.4 is 11.1 Å². The molecule has 4 rings (SSSR count). The summed E-state index contributed by atoms with van der Waals surface area (Å²) in [6.45, 7) is 0.412. The van der Waals surface area contributed by atoms with E-state index >= 15 is 0 Å². The molecule has 2 atom stereocenters. The maximum atomic E-state index is 13.5. The molecule has 0 aliphatic heterocycles. The van der Waals surface area contributed by atoms with Crippen molar-refractivity contribution in [2.75, 3.05) is 5.32 Å². The number of amides is 2. The van der Waals surface area contributed by atoms with Crippen molar-refractivity contribution in [3.63, 3.8) is 0 Å². The van der Waals surface area contributed by atoms with Gasteiger partial charge in [0.15, 0.2) is 0 Å². The average molecular weight is 454 g/mol. The van der Waals surface area contributed by atoms with Crippen molar-refractivity contribution < 1.29 is 9.59 Å². The number of nitrogens with zero attached hydrogens (tertiary/aromatic N) is 3. The van der Waals surface area contributed by atoms with Gasteiger partial charge in [0.2, 0.25) is 0 Å². The first-order valence-corrected chi connectivity index (χ1v) is 11.4. The molecule has 3 N–H and O–H groups in total. The highest BCUT2D eigenvalue weighted by Crippen LogP contribution is 2.26. The van der Waals surface area contributed by atoms with Gasteiger partial charge in [0, 0.05) is 47.8 Å². The standard InChI is InChI=1S/C27H27N5O2/c28-17-19-5-9-22(10-6-19)27(34)32(25-4-2-1-3-24(25)29)18-20-7-11-23(12-8-20)31-26(33)21-13-15-30-16-14-21/h5-16,24-25H,1-4,18,29H2,(H,31,33). The normalized spacial score (nSPS) is 17.4. The molecular weight excluding hydrogens is 426 g/mol. The number of carbonyl (C=O) groups excluding carboxylic acids is 2. The summed E-state index contributed by atoms with van der Waals surface area (Å²) in [6.07, 6.45) is 7.02. The maximum Gasteiger partial charge on any atom is 0.255 e. The minimum atomic E-state index is -0.207. The summed E-state index contributed by atoms with van der Waals surface area (Å²) in [7, 11) is 0. The number of carbonyl (C=O) groups is 2. The van der Waals surface area contributed by atoms with Gasteiger partial charge in [0.25, 0.3) is 11.8 Å². The van der Waals surface area contributed by atoms with Crippen LogP contribution in [-0.2, 0) is 6.54 Å². The maximum absolute atomic E-state index is 13.5. The van der Waals surface area contributed by atoms with E-state index in [1.54, 1.807) is 48.8 Å². The molecule has 2 aromatic carbocycles. The topological polar surface area (TPSA) is 112 Å². The first-order chi connectivity index (χ1) is 16.5. The van der Waals surface area contributed by atoms with Gasteiger partial charge in [0.05, 0.1) is 11.6 Å². The lowest BCUT2D eigenvalue weighted by Gasteiger charge is -2.38. The number of nitrogens with one attached hydrogen (secondary N) is 1. The second-order valence-electron chi connectivity index (χ2n) is 8.52. The molecule has 1 saturated carbocycles. The van der Waals surface area contributed by atoms with Gasteiger partial charge in [-0.2, -0.15) is 5.26 Å². The number of aromatic nitrogens is 1. The lowest BCUT2D eigenvalue weighted by molar-refractivity contribution is 0.0583. The van der Waals surface area contributed by atoms with Gasteiger partial charge < -0.3 is 16.0 Å². The number of pyridine rings is 1. The molecule has 7 heteroatoms. The Bertz CT molecular complexity index is 1170. The first kappa shape index (κ1) is 23.1. The van der Waals surface area contributed by atoms with Crippen molar-refractivity contribution in [3.8, 4) is 6.07 Å². The lowest BCUT2D eigenvalue weighted by atomic mass is 9.89. The third kappa shape index (κ3) is 5.48. The van der Waals surface area contributed by atoms with E-state index in [1.807, 2.05) is 29.2 Å². The smallest absolute Gasteiger partial charge is 0.255 e. The molecular formula is C27H27N5O2. The van der Waals surface area contributed by atoms with Gasteiger partial charge >= 0.3 is 0 Å². The van der Waals surface area contributed by atoms with E-state index in [-0.39, 0.29) is 23.9 Å². The number of rotatable bonds is 6. The molecule has 1 heterocycles. The Kier molecular flexibility index (Phi) is 7.31. The van der Waals surface area contributed by atoms with E-state index in [2.05, 4.69) is 16.4 Å². The van der Waals surface area contributed by atoms with Crippen molar-refractivity contribution >= 4 is 17.5 Å². The molecule has 3 aromatic rings. The summed E-state index contributed by atoms with van der Waals surface area (Å²) < 4.78 is 0. The monoisotopic (exact) mass is 453 g/mol. The summed E-state index contributed by atoms with van der Waals surface area (Å²) in [4.78, 5) is 31.7. The Morgan fingerprint density at radius 1 is 0.971 bits per heavy atom. The lowest BCUT2D eigenvalue weighted by Crippen LogP contribution is -2.51. The summed E-state index contributed by atoms with van der Waals surface area (Å²) in [5.74, 6) is -0.303. The Morgan fingerprint density at radius 2 is 1.65 bits per heavy atom. The minimum absolute atomic E-state index is 0.0528. The Hall–Kier alpha value is -4.02. The van der Waals surface area contributed by atoms with Gasteiger partial charge in [-0.15, -0.1) is 0 Å². The third-order valence-corrected chi connectivity index (χ3v) is 6.21. The predicted molar refractivity (Wildman–Crippen MR) is 130 cm³/mol. The summed E-state index contributed by atoms with van der Waals surface area (Å²) in [5, 5.41) is 11.9. The zero-order valence-electron chi connectivity index (χ0n) is 18.9. The molecule has 0 bridgehead atoms. The minimum Gasteiger partial charge on any atom is -0.330 e. The second kappa shape index (κ2) is 10.7. The molecule has 2 amide bonds. The highest BCUT2D eigenvalue weighted by molar-refractivity contribution is 6.04.